The van der Waals surface area contributed by atoms with Crippen molar-refractivity contribution in [1.29, 1.82) is 0 Å². The first-order chi connectivity index (χ1) is 9.88. The van der Waals surface area contributed by atoms with E-state index in [1.165, 1.54) is 0 Å². The van der Waals surface area contributed by atoms with Crippen molar-refractivity contribution in [3.8, 4) is 0 Å². The Bertz CT molecular complexity index is 471. The molecular formula is C15H24N2O3S. The summed E-state index contributed by atoms with van der Waals surface area (Å²) >= 11 is 1.61. The molecule has 1 aromatic rings. The Morgan fingerprint density at radius 3 is 2.67 bits per heavy atom. The van der Waals surface area contributed by atoms with Crippen LogP contribution in [-0.4, -0.2) is 28.5 Å². The highest BCUT2D eigenvalue weighted by Crippen LogP contribution is 2.12. The van der Waals surface area contributed by atoms with E-state index >= 15 is 0 Å². The average molecular weight is 312 g/mol. The largest absolute Gasteiger partial charge is 0.481 e. The van der Waals surface area contributed by atoms with Gasteiger partial charge in [0, 0.05) is 18.3 Å². The molecule has 5 nitrogen and oxygen atoms in total. The zero-order valence-electron chi connectivity index (χ0n) is 12.9. The second-order valence-electron chi connectivity index (χ2n) is 5.68. The second kappa shape index (κ2) is 8.77. The van der Waals surface area contributed by atoms with Gasteiger partial charge in [0.15, 0.2) is 0 Å². The first kappa shape index (κ1) is 17.6. The van der Waals surface area contributed by atoms with Gasteiger partial charge in [-0.25, -0.2) is 4.98 Å². The van der Waals surface area contributed by atoms with E-state index in [1.54, 1.807) is 11.3 Å². The number of rotatable bonds is 9. The second-order valence-corrected chi connectivity index (χ2v) is 6.74. The first-order valence-electron chi connectivity index (χ1n) is 7.29. The van der Waals surface area contributed by atoms with Crippen LogP contribution in [0.25, 0.3) is 0 Å². The van der Waals surface area contributed by atoms with Crippen molar-refractivity contribution < 1.29 is 14.7 Å². The number of aromatic nitrogens is 1. The van der Waals surface area contributed by atoms with Crippen LogP contribution < -0.4 is 5.32 Å². The maximum atomic E-state index is 11.7. The van der Waals surface area contributed by atoms with Crippen molar-refractivity contribution in [3.05, 3.63) is 16.1 Å². The van der Waals surface area contributed by atoms with Crippen molar-refractivity contribution in [1.82, 2.24) is 10.3 Å². The maximum absolute atomic E-state index is 11.7. The summed E-state index contributed by atoms with van der Waals surface area (Å²) in [6.07, 6.45) is 2.50. The molecule has 0 bridgehead atoms. The number of nitrogens with zero attached hydrogens (tertiary/aromatic N) is 1. The van der Waals surface area contributed by atoms with E-state index in [4.69, 9.17) is 5.11 Å². The molecule has 2 N–H and O–H groups in total. The van der Waals surface area contributed by atoms with Gasteiger partial charge in [-0.3, -0.25) is 9.59 Å². The molecule has 1 aromatic heterocycles. The fraction of sp³-hybridized carbons (Fsp3) is 0.667. The third-order valence-corrected chi connectivity index (χ3v) is 3.98. The number of nitrogens with one attached hydrogen (secondary N) is 1. The van der Waals surface area contributed by atoms with Gasteiger partial charge in [-0.2, -0.15) is 0 Å². The van der Waals surface area contributed by atoms with Crippen LogP contribution in [0.1, 0.15) is 43.8 Å². The number of hydrogen-bond acceptors (Lipinski definition) is 4. The molecule has 0 radical (unpaired) electrons. The standard InChI is InChI=1S/C15H24N2O3S/c1-10(2)7-12(15(19)20)8-16-14(18)6-4-5-13-9-21-11(3)17-13/h9-10,12H,4-8H2,1-3H3,(H,16,18)(H,19,20). The molecule has 1 heterocycles. The number of aliphatic carboxylic acids is 1. The van der Waals surface area contributed by atoms with Gasteiger partial charge < -0.3 is 10.4 Å². The molecule has 0 aliphatic carbocycles. The van der Waals surface area contributed by atoms with Crippen LogP contribution >= 0.6 is 11.3 Å². The molecule has 0 fully saturated rings. The Morgan fingerprint density at radius 2 is 2.14 bits per heavy atom. The lowest BCUT2D eigenvalue weighted by atomic mass is 9.97. The Morgan fingerprint density at radius 1 is 1.43 bits per heavy atom. The Kier molecular flexibility index (Phi) is 7.36. The molecule has 21 heavy (non-hydrogen) atoms. The number of aryl methyl sites for hydroxylation is 2. The zero-order chi connectivity index (χ0) is 15.8. The number of carboxylic acids is 1. The highest BCUT2D eigenvalue weighted by Gasteiger charge is 2.19. The Balaban J connectivity index is 2.24. The number of carboxylic acid groups (broad SMARTS) is 1. The summed E-state index contributed by atoms with van der Waals surface area (Å²) in [6, 6.07) is 0. The molecule has 1 atom stereocenters. The number of amides is 1. The smallest absolute Gasteiger partial charge is 0.308 e. The van der Waals surface area contributed by atoms with Crippen LogP contribution in [0.3, 0.4) is 0 Å². The van der Waals surface area contributed by atoms with E-state index in [-0.39, 0.29) is 12.5 Å². The Labute approximate surface area is 129 Å². The van der Waals surface area contributed by atoms with Crippen molar-refractivity contribution in [2.24, 2.45) is 11.8 Å². The van der Waals surface area contributed by atoms with Gasteiger partial charge in [0.25, 0.3) is 0 Å². The van der Waals surface area contributed by atoms with E-state index < -0.39 is 11.9 Å². The number of carbonyl (C=O) groups excluding carboxylic acids is 1. The van der Waals surface area contributed by atoms with Gasteiger partial charge in [0.05, 0.1) is 16.6 Å². The third-order valence-electron chi connectivity index (χ3n) is 3.15. The Hall–Kier alpha value is -1.43. The molecule has 0 aliphatic rings. The van der Waals surface area contributed by atoms with E-state index in [0.29, 0.717) is 18.8 Å². The number of thiazole rings is 1. The molecule has 0 saturated carbocycles. The monoisotopic (exact) mass is 312 g/mol. The minimum atomic E-state index is -0.845. The van der Waals surface area contributed by atoms with Gasteiger partial charge in [-0.1, -0.05) is 13.8 Å². The van der Waals surface area contributed by atoms with Crippen molar-refractivity contribution in [3.63, 3.8) is 0 Å². The van der Waals surface area contributed by atoms with E-state index in [1.807, 2.05) is 26.2 Å². The van der Waals surface area contributed by atoms with E-state index in [9.17, 15) is 9.59 Å². The van der Waals surface area contributed by atoms with Crippen molar-refractivity contribution >= 4 is 23.2 Å². The summed E-state index contributed by atoms with van der Waals surface area (Å²) in [5.41, 5.74) is 1.02. The fourth-order valence-corrected chi connectivity index (χ4v) is 2.77. The predicted molar refractivity (Wildman–Crippen MR) is 83.4 cm³/mol. The fourth-order valence-electron chi connectivity index (χ4n) is 2.12. The topological polar surface area (TPSA) is 79.3 Å². The molecule has 1 amide bonds. The summed E-state index contributed by atoms with van der Waals surface area (Å²) in [4.78, 5) is 27.2. The number of carbonyl (C=O) groups is 2. The van der Waals surface area contributed by atoms with E-state index in [2.05, 4.69) is 10.3 Å². The van der Waals surface area contributed by atoms with Crippen LogP contribution in [0.4, 0.5) is 0 Å². The van der Waals surface area contributed by atoms with Crippen LogP contribution in [-0.2, 0) is 16.0 Å². The van der Waals surface area contributed by atoms with E-state index in [0.717, 1.165) is 23.5 Å². The SMILES string of the molecule is Cc1nc(CCCC(=O)NCC(CC(C)C)C(=O)O)cs1. The average Bonchev–Trinajstić information content (AvgIpc) is 2.79. The molecule has 118 valence electrons. The number of hydrogen-bond donors (Lipinski definition) is 2. The molecule has 6 heteroatoms. The molecule has 1 unspecified atom stereocenters. The van der Waals surface area contributed by atoms with Gasteiger partial charge in [0.1, 0.15) is 0 Å². The van der Waals surface area contributed by atoms with Gasteiger partial charge in [0.2, 0.25) is 5.91 Å². The third kappa shape index (κ3) is 7.22. The lowest BCUT2D eigenvalue weighted by molar-refractivity contribution is -0.142. The zero-order valence-corrected chi connectivity index (χ0v) is 13.7. The lowest BCUT2D eigenvalue weighted by Crippen LogP contribution is -2.33. The minimum Gasteiger partial charge on any atom is -0.481 e. The molecule has 1 rings (SSSR count). The molecule has 0 saturated heterocycles. The van der Waals surface area contributed by atoms with Gasteiger partial charge in [-0.05, 0) is 32.1 Å². The maximum Gasteiger partial charge on any atom is 0.308 e. The van der Waals surface area contributed by atoms with Crippen LogP contribution in [0.15, 0.2) is 5.38 Å². The molecular weight excluding hydrogens is 288 g/mol. The highest BCUT2D eigenvalue weighted by molar-refractivity contribution is 7.09. The van der Waals surface area contributed by atoms with Crippen LogP contribution in [0.5, 0.6) is 0 Å². The predicted octanol–water partition coefficient (Wildman–Crippen LogP) is 2.64. The summed E-state index contributed by atoms with van der Waals surface area (Å²) < 4.78 is 0. The summed E-state index contributed by atoms with van der Waals surface area (Å²) in [5.74, 6) is -1.13. The van der Waals surface area contributed by atoms with Crippen molar-refractivity contribution in [2.75, 3.05) is 6.54 Å². The summed E-state index contributed by atoms with van der Waals surface area (Å²) in [7, 11) is 0. The minimum absolute atomic E-state index is 0.0862. The lowest BCUT2D eigenvalue weighted by Gasteiger charge is -2.15. The normalized spacial score (nSPS) is 12.4. The molecule has 0 aliphatic heterocycles. The van der Waals surface area contributed by atoms with Gasteiger partial charge in [-0.15, -0.1) is 11.3 Å². The summed E-state index contributed by atoms with van der Waals surface area (Å²) in [5, 5.41) is 14.9. The molecule has 0 aromatic carbocycles. The first-order valence-corrected chi connectivity index (χ1v) is 8.17. The highest BCUT2D eigenvalue weighted by atomic mass is 32.1. The van der Waals surface area contributed by atoms with Crippen molar-refractivity contribution in [2.45, 2.75) is 46.5 Å². The van der Waals surface area contributed by atoms with Crippen LogP contribution in [0, 0.1) is 18.8 Å². The summed E-state index contributed by atoms with van der Waals surface area (Å²) in [6.45, 7) is 6.13. The van der Waals surface area contributed by atoms with Gasteiger partial charge >= 0.3 is 5.97 Å². The quantitative estimate of drug-likeness (QED) is 0.734. The molecule has 0 spiro atoms. The van der Waals surface area contributed by atoms with Crippen LogP contribution in [0.2, 0.25) is 0 Å².